The summed E-state index contributed by atoms with van der Waals surface area (Å²) in [7, 11) is -7.38. The van der Waals surface area contributed by atoms with Crippen molar-refractivity contribution in [1.29, 1.82) is 0 Å². The molecule has 0 aliphatic carbocycles. The van der Waals surface area contributed by atoms with Gasteiger partial charge in [0.2, 0.25) is 0 Å². The predicted molar refractivity (Wildman–Crippen MR) is 40.1 cm³/mol. The fourth-order valence-corrected chi connectivity index (χ4v) is 1.33. The minimum Gasteiger partial charge on any atom is -0.743 e. The Hall–Kier alpha value is -0.193. The van der Waals surface area contributed by atoms with Gasteiger partial charge in [0.05, 0.1) is 6.42 Å². The van der Waals surface area contributed by atoms with Gasteiger partial charge in [0.25, 0.3) is 0 Å². The molecule has 0 aliphatic rings. The van der Waals surface area contributed by atoms with Gasteiger partial charge in [-0.2, -0.15) is 39.5 Å². The minimum absolute atomic E-state index is 0. The second-order valence-corrected chi connectivity index (χ2v) is 4.88. The molecule has 0 rings (SSSR count). The van der Waals surface area contributed by atoms with Crippen molar-refractivity contribution in [3.63, 3.8) is 0 Å². The molecule has 0 amide bonds. The van der Waals surface area contributed by atoms with Crippen LogP contribution in [-0.2, 0) is 10.1 Å². The number of rotatable bonds is 5. The molecule has 21 heavy (non-hydrogen) atoms. The summed E-state index contributed by atoms with van der Waals surface area (Å²) >= 11 is 0. The number of hydrogen-bond donors (Lipinski definition) is 0. The molecule has 0 bridgehead atoms. The molecule has 15 heteroatoms. The van der Waals surface area contributed by atoms with Crippen LogP contribution in [0.1, 0.15) is 6.42 Å². The Morgan fingerprint density at radius 3 is 1.48 bits per heavy atom. The largest absolute Gasteiger partial charge is 1.00 e. The number of hydrogen-bond acceptors (Lipinski definition) is 3. The average Bonchev–Trinajstić information content (AvgIpc) is 2.12. The first-order valence-corrected chi connectivity index (χ1v) is 5.58. The SMILES string of the molecule is O=S(=O)([O-])C(F)(F)C(F)(F)C(F)(F)C(F)CC(F)(F)F.[Li+]. The molecule has 1 atom stereocenters. The van der Waals surface area contributed by atoms with E-state index in [0.717, 1.165) is 0 Å². The molecule has 3 nitrogen and oxygen atoms in total. The summed E-state index contributed by atoms with van der Waals surface area (Å²) in [6, 6.07) is 0. The van der Waals surface area contributed by atoms with Crippen molar-refractivity contribution in [2.45, 2.75) is 35.9 Å². The monoisotopic (exact) mass is 352 g/mol. The first-order valence-electron chi connectivity index (χ1n) is 4.17. The van der Waals surface area contributed by atoms with E-state index in [-0.39, 0.29) is 18.9 Å². The van der Waals surface area contributed by atoms with Gasteiger partial charge in [-0.1, -0.05) is 0 Å². The molecule has 0 saturated heterocycles. The van der Waals surface area contributed by atoms with Crippen molar-refractivity contribution < 1.29 is 75.7 Å². The van der Waals surface area contributed by atoms with Gasteiger partial charge in [-0.3, -0.25) is 0 Å². The first kappa shape index (κ1) is 23.1. The molecule has 0 aromatic rings. The second-order valence-electron chi connectivity index (χ2n) is 3.46. The van der Waals surface area contributed by atoms with E-state index in [0.29, 0.717) is 0 Å². The third-order valence-corrected chi connectivity index (χ3v) is 2.79. The van der Waals surface area contributed by atoms with Crippen LogP contribution in [-0.4, -0.2) is 42.4 Å². The summed E-state index contributed by atoms with van der Waals surface area (Å²) in [5.74, 6) is -13.9. The number of halogens is 10. The van der Waals surface area contributed by atoms with E-state index >= 15 is 0 Å². The van der Waals surface area contributed by atoms with Crippen LogP contribution in [0, 0.1) is 0 Å². The Morgan fingerprint density at radius 1 is 0.905 bits per heavy atom. The summed E-state index contributed by atoms with van der Waals surface area (Å²) < 4.78 is 152. The predicted octanol–water partition coefficient (Wildman–Crippen LogP) is -0.310. The van der Waals surface area contributed by atoms with Crippen molar-refractivity contribution in [2.75, 3.05) is 0 Å². The van der Waals surface area contributed by atoms with Gasteiger partial charge in [-0.25, -0.2) is 12.8 Å². The molecule has 0 radical (unpaired) electrons. The maximum Gasteiger partial charge on any atom is 1.00 e. The van der Waals surface area contributed by atoms with Crippen LogP contribution >= 0.6 is 0 Å². The van der Waals surface area contributed by atoms with Crippen LogP contribution in [0.2, 0.25) is 0 Å². The molecule has 0 aromatic heterocycles. The Kier molecular flexibility index (Phi) is 6.74. The molecule has 0 heterocycles. The average molecular weight is 352 g/mol. The van der Waals surface area contributed by atoms with Gasteiger partial charge in [0.1, 0.15) is 0 Å². The van der Waals surface area contributed by atoms with Crippen molar-refractivity contribution >= 4 is 10.1 Å². The zero-order valence-corrected chi connectivity index (χ0v) is 10.5. The molecule has 0 aromatic carbocycles. The van der Waals surface area contributed by atoms with Gasteiger partial charge in [-0.15, -0.1) is 0 Å². The van der Waals surface area contributed by atoms with Crippen LogP contribution in [0.25, 0.3) is 0 Å². The van der Waals surface area contributed by atoms with Crippen molar-refractivity contribution in [1.82, 2.24) is 0 Å². The van der Waals surface area contributed by atoms with Gasteiger partial charge in [0, 0.05) is 0 Å². The molecule has 0 spiro atoms. The molecule has 0 N–H and O–H groups in total. The van der Waals surface area contributed by atoms with Gasteiger partial charge >= 0.3 is 42.1 Å². The van der Waals surface area contributed by atoms with Gasteiger partial charge < -0.3 is 4.55 Å². The second kappa shape index (κ2) is 6.13. The Balaban J connectivity index is 0. The molecule has 0 saturated carbocycles. The number of alkyl halides is 10. The fraction of sp³-hybridized carbons (Fsp3) is 1.00. The van der Waals surface area contributed by atoms with Crippen molar-refractivity contribution in [2.24, 2.45) is 0 Å². The van der Waals surface area contributed by atoms with E-state index in [1.807, 2.05) is 0 Å². The van der Waals surface area contributed by atoms with Gasteiger partial charge in [0.15, 0.2) is 16.3 Å². The summed E-state index contributed by atoms with van der Waals surface area (Å²) in [5, 5.41) is -7.00. The van der Waals surface area contributed by atoms with Crippen LogP contribution in [0.3, 0.4) is 0 Å². The molecule has 0 fully saturated rings. The molecular formula is C6H3F10LiO3S. The molecular weight excluding hydrogens is 349 g/mol. The van der Waals surface area contributed by atoms with E-state index in [1.54, 1.807) is 0 Å². The maximum atomic E-state index is 12.6. The third-order valence-electron chi connectivity index (χ3n) is 1.90. The standard InChI is InChI=1S/C6H4F10O3S.Li/c7-2(1-3(8,9)10)4(11,12)5(13,14)6(15,16)20(17,18)19;/h2H,1H2,(H,17,18,19);/q;+1/p-1. The van der Waals surface area contributed by atoms with E-state index in [4.69, 9.17) is 0 Å². The smallest absolute Gasteiger partial charge is 0.743 e. The molecule has 1 unspecified atom stereocenters. The fourth-order valence-electron chi connectivity index (χ4n) is 0.879. The third kappa shape index (κ3) is 4.39. The molecule has 0 aliphatic heterocycles. The normalized spacial score (nSPS) is 16.3. The van der Waals surface area contributed by atoms with E-state index < -0.39 is 46.0 Å². The summed E-state index contributed by atoms with van der Waals surface area (Å²) in [5.41, 5.74) is 0. The van der Waals surface area contributed by atoms with Crippen LogP contribution in [0.4, 0.5) is 43.9 Å². The van der Waals surface area contributed by atoms with E-state index in [1.165, 1.54) is 0 Å². The zero-order valence-electron chi connectivity index (χ0n) is 9.70. The van der Waals surface area contributed by atoms with Crippen LogP contribution < -0.4 is 18.9 Å². The Bertz CT molecular complexity index is 458. The van der Waals surface area contributed by atoms with Crippen molar-refractivity contribution in [3.8, 4) is 0 Å². The minimum atomic E-state index is -7.38. The quantitative estimate of drug-likeness (QED) is 0.388. The summed E-state index contributed by atoms with van der Waals surface area (Å²) in [6.45, 7) is 0. The Morgan fingerprint density at radius 2 is 1.24 bits per heavy atom. The molecule has 122 valence electrons. The maximum absolute atomic E-state index is 12.6. The summed E-state index contributed by atoms with van der Waals surface area (Å²) in [6.07, 6.45) is -13.9. The van der Waals surface area contributed by atoms with Gasteiger partial charge in [-0.05, 0) is 0 Å². The van der Waals surface area contributed by atoms with Crippen molar-refractivity contribution in [3.05, 3.63) is 0 Å². The van der Waals surface area contributed by atoms with E-state index in [2.05, 4.69) is 0 Å². The van der Waals surface area contributed by atoms with Crippen LogP contribution in [0.5, 0.6) is 0 Å². The zero-order chi connectivity index (χ0) is 16.8. The first-order chi connectivity index (χ1) is 8.38. The summed E-state index contributed by atoms with van der Waals surface area (Å²) in [4.78, 5) is 0. The van der Waals surface area contributed by atoms with E-state index in [9.17, 15) is 56.9 Å². The Labute approximate surface area is 122 Å². The van der Waals surface area contributed by atoms with Crippen LogP contribution in [0.15, 0.2) is 0 Å². The topological polar surface area (TPSA) is 57.2 Å².